The second kappa shape index (κ2) is 12.4. The maximum absolute atomic E-state index is 5.28. The van der Waals surface area contributed by atoms with E-state index in [4.69, 9.17) is 15.0 Å². The van der Waals surface area contributed by atoms with E-state index in [1.165, 1.54) is 27.5 Å². The first-order valence-corrected chi connectivity index (χ1v) is 17.6. The summed E-state index contributed by atoms with van der Waals surface area (Å²) in [5.41, 5.74) is 7.61. The van der Waals surface area contributed by atoms with Crippen molar-refractivity contribution in [2.24, 2.45) is 0 Å². The third-order valence-corrected chi connectivity index (χ3v) is 10.1. The number of hydrogen-bond acceptors (Lipinski definition) is 3. The Balaban J connectivity index is 1.19. The van der Waals surface area contributed by atoms with Gasteiger partial charge in [-0.15, -0.1) is 0 Å². The van der Waals surface area contributed by atoms with E-state index in [-0.39, 0.29) is 0 Å². The van der Waals surface area contributed by atoms with Crippen molar-refractivity contribution in [1.29, 1.82) is 0 Å². The minimum atomic E-state index is 0.645. The van der Waals surface area contributed by atoms with Crippen LogP contribution in [0.15, 0.2) is 188 Å². The summed E-state index contributed by atoms with van der Waals surface area (Å²) in [4.78, 5) is 15.8. The van der Waals surface area contributed by atoms with Gasteiger partial charge in [-0.25, -0.2) is 15.0 Å². The molecule has 0 atom stereocenters. The molecule has 0 radical (unpaired) electrons. The second-order valence-corrected chi connectivity index (χ2v) is 13.2. The zero-order valence-corrected chi connectivity index (χ0v) is 28.2. The molecule has 9 aromatic carbocycles. The molecule has 1 heterocycles. The molecule has 0 aliphatic heterocycles. The Labute approximate surface area is 301 Å². The van der Waals surface area contributed by atoms with E-state index in [0.29, 0.717) is 17.5 Å². The van der Waals surface area contributed by atoms with Gasteiger partial charge in [-0.3, -0.25) is 0 Å². The lowest BCUT2D eigenvalue weighted by atomic mass is 9.96. The van der Waals surface area contributed by atoms with Crippen molar-refractivity contribution < 1.29 is 0 Å². The van der Waals surface area contributed by atoms with Crippen LogP contribution in [-0.4, -0.2) is 15.0 Å². The number of aromatic nitrogens is 3. The van der Waals surface area contributed by atoms with Crippen LogP contribution in [-0.2, 0) is 0 Å². The van der Waals surface area contributed by atoms with Crippen molar-refractivity contribution in [2.75, 3.05) is 0 Å². The molecule has 52 heavy (non-hydrogen) atoms. The highest BCUT2D eigenvalue weighted by atomic mass is 15.0. The van der Waals surface area contributed by atoms with Crippen LogP contribution in [0, 0.1) is 0 Å². The number of hydrogen-bond donors (Lipinski definition) is 0. The normalized spacial score (nSPS) is 11.5. The average Bonchev–Trinajstić information content (AvgIpc) is 3.22. The largest absolute Gasteiger partial charge is 0.208 e. The summed E-state index contributed by atoms with van der Waals surface area (Å²) < 4.78 is 0. The summed E-state index contributed by atoms with van der Waals surface area (Å²) in [5.74, 6) is 1.94. The van der Waals surface area contributed by atoms with Gasteiger partial charge in [0, 0.05) is 16.7 Å². The molecule has 0 aliphatic rings. The lowest BCUT2D eigenvalue weighted by Gasteiger charge is -2.14. The fraction of sp³-hybridized carbons (Fsp3) is 0. The molecule has 0 aliphatic carbocycles. The standard InChI is InChI=1S/C49H31N3/c1-2-11-32(12-3-1)37-27-28-42-40(30-37)18-10-21-44(42)48-50-47(43-20-8-16-34-14-6-7-19-41(34)43)51-49(52-48)45-22-9-17-35-24-26-39(31-46(35)45)38-25-23-33-13-4-5-15-36(33)29-38/h1-31H. The highest BCUT2D eigenvalue weighted by molar-refractivity contribution is 6.01. The predicted octanol–water partition coefficient (Wildman–Crippen LogP) is 12.8. The molecule has 0 N–H and O–H groups in total. The van der Waals surface area contributed by atoms with E-state index in [0.717, 1.165) is 54.6 Å². The smallest absolute Gasteiger partial charge is 0.164 e. The van der Waals surface area contributed by atoms with Gasteiger partial charge in [-0.1, -0.05) is 170 Å². The SMILES string of the molecule is c1ccc(-c2ccc3c(-c4nc(-c5cccc6ccccc56)nc(-c5cccc6ccc(-c7ccc8ccccc8c7)cc56)n4)cccc3c2)cc1. The van der Waals surface area contributed by atoms with Gasteiger partial charge in [0.05, 0.1) is 0 Å². The summed E-state index contributed by atoms with van der Waals surface area (Å²) in [7, 11) is 0. The molecule has 1 aromatic heterocycles. The topological polar surface area (TPSA) is 38.7 Å². The Bertz CT molecular complexity index is 2960. The van der Waals surface area contributed by atoms with Gasteiger partial charge >= 0.3 is 0 Å². The third-order valence-electron chi connectivity index (χ3n) is 10.1. The fourth-order valence-electron chi connectivity index (χ4n) is 7.46. The summed E-state index contributed by atoms with van der Waals surface area (Å²) in [5, 5.41) is 9.17. The average molecular weight is 662 g/mol. The van der Waals surface area contributed by atoms with E-state index >= 15 is 0 Å². The molecule has 10 rings (SSSR count). The van der Waals surface area contributed by atoms with Gasteiger partial charge in [-0.05, 0) is 83.5 Å². The van der Waals surface area contributed by atoms with E-state index in [1.54, 1.807) is 0 Å². The molecule has 0 fully saturated rings. The minimum Gasteiger partial charge on any atom is -0.208 e. The van der Waals surface area contributed by atoms with Crippen LogP contribution < -0.4 is 0 Å². The maximum atomic E-state index is 5.28. The Morgan fingerprint density at radius 1 is 0.231 bits per heavy atom. The molecule has 3 nitrogen and oxygen atoms in total. The monoisotopic (exact) mass is 661 g/mol. The number of fused-ring (bicyclic) bond motifs is 4. The van der Waals surface area contributed by atoms with Crippen LogP contribution in [0.25, 0.3) is 99.5 Å². The molecule has 0 saturated carbocycles. The van der Waals surface area contributed by atoms with Crippen molar-refractivity contribution in [3.8, 4) is 56.4 Å². The Morgan fingerprint density at radius 3 is 1.38 bits per heavy atom. The fourth-order valence-corrected chi connectivity index (χ4v) is 7.46. The third kappa shape index (κ3) is 5.28. The molecule has 0 amide bonds. The molecule has 242 valence electrons. The van der Waals surface area contributed by atoms with Crippen LogP contribution >= 0.6 is 0 Å². The van der Waals surface area contributed by atoms with Crippen molar-refractivity contribution in [1.82, 2.24) is 15.0 Å². The first-order chi connectivity index (χ1) is 25.7. The molecule has 0 spiro atoms. The van der Waals surface area contributed by atoms with Gasteiger partial charge in [0.2, 0.25) is 0 Å². The molecule has 0 unspecified atom stereocenters. The summed E-state index contributed by atoms with van der Waals surface area (Å²) in [6.45, 7) is 0. The molecular weight excluding hydrogens is 631 g/mol. The van der Waals surface area contributed by atoms with Crippen molar-refractivity contribution in [2.45, 2.75) is 0 Å². The van der Waals surface area contributed by atoms with Gasteiger partial charge in [0.15, 0.2) is 17.5 Å². The first-order valence-electron chi connectivity index (χ1n) is 17.6. The number of benzene rings is 9. The zero-order chi connectivity index (χ0) is 34.4. The van der Waals surface area contributed by atoms with Crippen LogP contribution in [0.4, 0.5) is 0 Å². The van der Waals surface area contributed by atoms with Crippen LogP contribution in [0.5, 0.6) is 0 Å². The highest BCUT2D eigenvalue weighted by Crippen LogP contribution is 2.37. The predicted molar refractivity (Wildman–Crippen MR) is 217 cm³/mol. The molecule has 3 heteroatoms. The number of rotatable bonds is 5. The zero-order valence-electron chi connectivity index (χ0n) is 28.2. The van der Waals surface area contributed by atoms with Gasteiger partial charge < -0.3 is 0 Å². The minimum absolute atomic E-state index is 0.645. The number of nitrogens with zero attached hydrogens (tertiary/aromatic N) is 3. The highest BCUT2D eigenvalue weighted by Gasteiger charge is 2.18. The molecule has 10 aromatic rings. The second-order valence-electron chi connectivity index (χ2n) is 13.2. The van der Waals surface area contributed by atoms with Crippen molar-refractivity contribution in [3.63, 3.8) is 0 Å². The quantitative estimate of drug-likeness (QED) is 0.184. The maximum Gasteiger partial charge on any atom is 0.164 e. The van der Waals surface area contributed by atoms with Crippen LogP contribution in [0.3, 0.4) is 0 Å². The van der Waals surface area contributed by atoms with Crippen LogP contribution in [0.2, 0.25) is 0 Å². The van der Waals surface area contributed by atoms with Crippen molar-refractivity contribution >= 4 is 43.1 Å². The Hall–Kier alpha value is -6.97. The van der Waals surface area contributed by atoms with E-state index < -0.39 is 0 Å². The summed E-state index contributed by atoms with van der Waals surface area (Å²) in [6.07, 6.45) is 0. The van der Waals surface area contributed by atoms with E-state index in [2.05, 4.69) is 188 Å². The van der Waals surface area contributed by atoms with Gasteiger partial charge in [0.25, 0.3) is 0 Å². The summed E-state index contributed by atoms with van der Waals surface area (Å²) >= 11 is 0. The van der Waals surface area contributed by atoms with E-state index in [1.807, 2.05) is 0 Å². The van der Waals surface area contributed by atoms with Gasteiger partial charge in [0.1, 0.15) is 0 Å². The molecule has 0 saturated heterocycles. The Morgan fingerprint density at radius 2 is 0.673 bits per heavy atom. The lowest BCUT2D eigenvalue weighted by Crippen LogP contribution is -2.01. The first kappa shape index (κ1) is 29.9. The van der Waals surface area contributed by atoms with E-state index in [9.17, 15) is 0 Å². The van der Waals surface area contributed by atoms with Gasteiger partial charge in [-0.2, -0.15) is 0 Å². The Kier molecular flexibility index (Phi) is 7.14. The van der Waals surface area contributed by atoms with Crippen molar-refractivity contribution in [3.05, 3.63) is 188 Å². The molecular formula is C49H31N3. The lowest BCUT2D eigenvalue weighted by molar-refractivity contribution is 1.08. The van der Waals surface area contributed by atoms with Crippen LogP contribution in [0.1, 0.15) is 0 Å². The molecule has 0 bridgehead atoms. The summed E-state index contributed by atoms with van der Waals surface area (Å²) in [6, 6.07) is 66.5.